The Kier molecular flexibility index (Phi) is 13.6. The molecule has 18 heteroatoms. The minimum Gasteiger partial charge on any atom is -0.490 e. The van der Waals surface area contributed by atoms with Gasteiger partial charge < -0.3 is 39.5 Å². The van der Waals surface area contributed by atoms with Crippen LogP contribution in [0.4, 0.5) is 22.9 Å². The van der Waals surface area contributed by atoms with Crippen LogP contribution in [0.3, 0.4) is 0 Å². The van der Waals surface area contributed by atoms with Crippen molar-refractivity contribution in [1.82, 2.24) is 25.3 Å². The number of hydrogen-bond acceptors (Lipinski definition) is 15. The number of likely N-dealkylation sites (tertiary alicyclic amines) is 1. The number of piperazine rings is 1. The lowest BCUT2D eigenvalue weighted by Gasteiger charge is -2.36. The molecule has 2 aromatic heterocycles. The number of β-amino-alcohol motifs (C(OH)–C–C–N with tert-alkyl or cyclic N) is 1. The van der Waals surface area contributed by atoms with E-state index in [4.69, 9.17) is 14.0 Å². The highest BCUT2D eigenvalue weighted by molar-refractivity contribution is 7.99. The molecule has 2 saturated heterocycles. The van der Waals surface area contributed by atoms with Crippen LogP contribution in [0.1, 0.15) is 75.4 Å². The lowest BCUT2D eigenvalue weighted by Crippen LogP contribution is -2.48. The minimum absolute atomic E-state index is 0.0693. The Balaban J connectivity index is 0.699. The van der Waals surface area contributed by atoms with Crippen LogP contribution in [0.2, 0.25) is 0 Å². The molecule has 3 N–H and O–H groups in total. The number of aromatic nitrogens is 2. The van der Waals surface area contributed by atoms with Gasteiger partial charge in [0, 0.05) is 93.1 Å². The fourth-order valence-electron chi connectivity index (χ4n) is 9.21. The van der Waals surface area contributed by atoms with Gasteiger partial charge in [0.15, 0.2) is 11.6 Å². The molecular formula is C48H56N8O8S2. The van der Waals surface area contributed by atoms with Crippen molar-refractivity contribution in [3.63, 3.8) is 0 Å². The molecular weight excluding hydrogens is 881 g/mol. The number of aliphatic hydroxyl groups is 1. The highest BCUT2D eigenvalue weighted by Crippen LogP contribution is 2.47. The number of carbonyl (C=O) groups is 2. The van der Waals surface area contributed by atoms with Gasteiger partial charge in [0.1, 0.15) is 23.8 Å². The predicted octanol–water partition coefficient (Wildman–Crippen LogP) is 7.94. The number of non-ortho nitro benzene ring substituents is 1. The second-order valence-electron chi connectivity index (χ2n) is 18.0. The summed E-state index contributed by atoms with van der Waals surface area (Å²) in [5.41, 5.74) is 6.70. The third-order valence-electron chi connectivity index (χ3n) is 13.0. The molecule has 5 heterocycles. The van der Waals surface area contributed by atoms with Gasteiger partial charge in [-0.25, -0.2) is 4.98 Å². The maximum Gasteiger partial charge on any atom is 0.270 e. The van der Waals surface area contributed by atoms with Crippen molar-refractivity contribution in [3.8, 4) is 16.2 Å². The lowest BCUT2D eigenvalue weighted by molar-refractivity contribution is -0.385. The number of hydrogen-bond donors (Lipinski definition) is 3. The lowest BCUT2D eigenvalue weighted by atomic mass is 9.91. The minimum atomic E-state index is -0.809. The van der Waals surface area contributed by atoms with Gasteiger partial charge in [0.25, 0.3) is 5.69 Å². The molecule has 1 saturated carbocycles. The van der Waals surface area contributed by atoms with Crippen molar-refractivity contribution in [2.24, 2.45) is 5.92 Å². The predicted molar refractivity (Wildman–Crippen MR) is 253 cm³/mol. The van der Waals surface area contributed by atoms with E-state index in [1.165, 1.54) is 22.7 Å². The topological polar surface area (TPSA) is 189 Å². The summed E-state index contributed by atoms with van der Waals surface area (Å²) in [6.45, 7) is 12.8. The fourth-order valence-corrected chi connectivity index (χ4v) is 11.1. The number of carbonyl (C=O) groups excluding carboxylic acids is 2. The number of nitro groups is 1. The Morgan fingerprint density at radius 3 is 2.44 bits per heavy atom. The Morgan fingerprint density at radius 2 is 1.73 bits per heavy atom. The number of nitrogens with zero attached hydrogens (tertiary/aromatic N) is 6. The van der Waals surface area contributed by atoms with Crippen LogP contribution in [0.15, 0.2) is 86.6 Å². The summed E-state index contributed by atoms with van der Waals surface area (Å²) in [7, 11) is 0. The largest absolute Gasteiger partial charge is 0.490 e. The number of aryl methyl sites for hydroxylation is 1. The average molecular weight is 937 g/mol. The smallest absolute Gasteiger partial charge is 0.270 e. The van der Waals surface area contributed by atoms with Crippen LogP contribution in [0, 0.1) is 23.0 Å². The van der Waals surface area contributed by atoms with Gasteiger partial charge in [-0.2, -0.15) is 0 Å². The van der Waals surface area contributed by atoms with E-state index >= 15 is 0 Å². The van der Waals surface area contributed by atoms with E-state index < -0.39 is 18.1 Å². The molecule has 348 valence electrons. The first kappa shape index (κ1) is 45.6. The van der Waals surface area contributed by atoms with Gasteiger partial charge in [-0.15, -0.1) is 11.3 Å². The summed E-state index contributed by atoms with van der Waals surface area (Å²) in [6.07, 6.45) is 2.20. The van der Waals surface area contributed by atoms with E-state index in [9.17, 15) is 24.8 Å². The molecule has 66 heavy (non-hydrogen) atoms. The normalized spacial score (nSPS) is 21.4. The molecule has 9 rings (SSSR count). The zero-order valence-corrected chi connectivity index (χ0v) is 39.2. The third-order valence-corrected chi connectivity index (χ3v) is 15.1. The average Bonchev–Trinajstić information content (AvgIpc) is 4.06. The monoisotopic (exact) mass is 936 g/mol. The summed E-state index contributed by atoms with van der Waals surface area (Å²) in [4.78, 5) is 52.3. The molecule has 0 unspecified atom stereocenters. The standard InChI is InChI=1S/C48H56N8O8S2/c1-28(2)45(48(59)55-26-34(57)21-40(55)47(58)50-29(3)31-6-8-32(9-7-31)46-30(4)49-27-65-46)41-25-44(52-64-41)54-17-15-53(16-18-54)14-5-19-62-36-22-37(23-36)63-35-11-13-39-43(24-35)66-42-20-33(56(60)61)10-12-38(42)51-39/h6-13,20,24-25,27-29,34,36-37,40,45,51,57H,5,14-19,21-23,26H2,1-4H3,(H,50,58)/t29-,34+,36-,37-,40-,45-/m0/s1. The van der Waals surface area contributed by atoms with Crippen LogP contribution in [0.5, 0.6) is 5.75 Å². The molecule has 2 amide bonds. The Labute approximate surface area is 392 Å². The molecule has 0 radical (unpaired) electrons. The number of amides is 2. The molecule has 4 atom stereocenters. The van der Waals surface area contributed by atoms with Crippen LogP contribution in [0.25, 0.3) is 10.4 Å². The number of benzene rings is 3. The van der Waals surface area contributed by atoms with Crippen molar-refractivity contribution in [2.75, 3.05) is 56.1 Å². The van der Waals surface area contributed by atoms with Crippen molar-refractivity contribution in [1.29, 1.82) is 0 Å². The first-order chi connectivity index (χ1) is 31.9. The zero-order chi connectivity index (χ0) is 46.1. The number of fused-ring (bicyclic) bond motifs is 2. The highest BCUT2D eigenvalue weighted by Gasteiger charge is 2.44. The van der Waals surface area contributed by atoms with E-state index in [0.29, 0.717) is 18.2 Å². The summed E-state index contributed by atoms with van der Waals surface area (Å²) in [5.74, 6) is 0.566. The summed E-state index contributed by atoms with van der Waals surface area (Å²) in [5, 5.41) is 32.8. The van der Waals surface area contributed by atoms with Gasteiger partial charge in [-0.1, -0.05) is 55.0 Å². The van der Waals surface area contributed by atoms with Crippen molar-refractivity contribution in [2.45, 2.75) is 99.5 Å². The molecule has 3 aromatic carbocycles. The summed E-state index contributed by atoms with van der Waals surface area (Å²) in [6, 6.07) is 19.6. The Hall–Kier alpha value is -5.53. The number of anilines is 3. The zero-order valence-electron chi connectivity index (χ0n) is 37.6. The highest BCUT2D eigenvalue weighted by atomic mass is 32.2. The number of ether oxygens (including phenoxy) is 2. The number of aliphatic hydroxyl groups excluding tert-OH is 1. The van der Waals surface area contributed by atoms with Gasteiger partial charge in [-0.3, -0.25) is 24.6 Å². The summed E-state index contributed by atoms with van der Waals surface area (Å²) < 4.78 is 18.3. The number of thiazole rings is 1. The van der Waals surface area contributed by atoms with Gasteiger partial charge in [-0.05, 0) is 61.6 Å². The second-order valence-corrected chi connectivity index (χ2v) is 20.0. The second kappa shape index (κ2) is 19.7. The quantitative estimate of drug-likeness (QED) is 0.0482. The maximum absolute atomic E-state index is 14.3. The first-order valence-electron chi connectivity index (χ1n) is 22.8. The SMILES string of the molecule is Cc1ncsc1-c1ccc([C@H](C)NC(=O)[C@@H]2C[C@@H](O)CN2C(=O)[C@H](c2cc(N3CCN(CCCO[C@H]4C[C@H](Oc5ccc6c(c5)Sc5cc([N+](=O)[O-])ccc5N6)C4)CC3)no2)C(C)C)cc1. The molecule has 3 fully saturated rings. The Bertz CT molecular complexity index is 2540. The molecule has 0 spiro atoms. The molecule has 0 bridgehead atoms. The number of nitrogens with one attached hydrogen (secondary N) is 2. The molecule has 4 aliphatic rings. The van der Waals surface area contributed by atoms with Crippen molar-refractivity contribution in [3.05, 3.63) is 99.4 Å². The van der Waals surface area contributed by atoms with E-state index in [0.717, 1.165) is 101 Å². The van der Waals surface area contributed by atoms with E-state index in [1.807, 2.05) is 81.7 Å². The summed E-state index contributed by atoms with van der Waals surface area (Å²) >= 11 is 3.09. The van der Waals surface area contributed by atoms with E-state index in [2.05, 4.69) is 30.6 Å². The van der Waals surface area contributed by atoms with Crippen molar-refractivity contribution < 1.29 is 33.6 Å². The van der Waals surface area contributed by atoms with Crippen molar-refractivity contribution >= 4 is 57.8 Å². The maximum atomic E-state index is 14.3. The number of rotatable bonds is 16. The van der Waals surface area contributed by atoms with Gasteiger partial charge >= 0.3 is 0 Å². The van der Waals surface area contributed by atoms with E-state index in [1.54, 1.807) is 23.5 Å². The Morgan fingerprint density at radius 1 is 0.985 bits per heavy atom. The van der Waals surface area contributed by atoms with Crippen LogP contribution >= 0.6 is 23.1 Å². The molecule has 3 aliphatic heterocycles. The fraction of sp³-hybridized carbons (Fsp3) is 0.458. The van der Waals surface area contributed by atoms with E-state index in [-0.39, 0.29) is 59.6 Å². The van der Waals surface area contributed by atoms with Gasteiger partial charge in [0.2, 0.25) is 11.8 Å². The van der Waals surface area contributed by atoms with Crippen LogP contribution in [-0.2, 0) is 14.3 Å². The molecule has 5 aromatic rings. The molecule has 16 nitrogen and oxygen atoms in total. The molecule has 1 aliphatic carbocycles. The number of nitro benzene ring substituents is 1. The third kappa shape index (κ3) is 10.1. The van der Waals surface area contributed by atoms with Gasteiger partial charge in [0.05, 0.1) is 50.6 Å². The first-order valence-corrected chi connectivity index (χ1v) is 24.4. The van der Waals surface area contributed by atoms with Crippen LogP contribution in [-0.4, -0.2) is 112 Å². The van der Waals surface area contributed by atoms with Crippen LogP contribution < -0.4 is 20.3 Å².